The van der Waals surface area contributed by atoms with Crippen molar-refractivity contribution in [3.63, 3.8) is 0 Å². The molecule has 0 unspecified atom stereocenters. The van der Waals surface area contributed by atoms with Crippen LogP contribution in [0, 0.1) is 0 Å². The maximum atomic E-state index is 11.8. The molecule has 0 spiro atoms. The molecule has 1 heterocycles. The van der Waals surface area contributed by atoms with Crippen molar-refractivity contribution in [2.24, 2.45) is 0 Å². The lowest BCUT2D eigenvalue weighted by Gasteiger charge is -2.18. The number of carbonyl (C=O) groups excluding carboxylic acids is 2. The highest BCUT2D eigenvalue weighted by molar-refractivity contribution is 5.95. The van der Waals surface area contributed by atoms with Crippen LogP contribution in [0.5, 0.6) is 5.75 Å². The van der Waals surface area contributed by atoms with Crippen LogP contribution in [-0.2, 0) is 16.1 Å². The summed E-state index contributed by atoms with van der Waals surface area (Å²) in [5, 5.41) is 9.34. The molecule has 1 aromatic carbocycles. The lowest BCUT2D eigenvalue weighted by Crippen LogP contribution is -2.34. The molecule has 0 bridgehead atoms. The Balaban J connectivity index is 2.15. The first-order valence-corrected chi connectivity index (χ1v) is 5.78. The molecule has 1 saturated heterocycles. The number of likely N-dealkylation sites (tertiary alicyclic amines) is 1. The maximum Gasteiger partial charge on any atom is 0.229 e. The minimum absolute atomic E-state index is 0.115. The average Bonchev–Trinajstić information content (AvgIpc) is 2.44. The first kappa shape index (κ1) is 11.6. The summed E-state index contributed by atoms with van der Waals surface area (Å²) in [5.41, 5.74) is 0.772. The molecule has 0 radical (unpaired) electrons. The predicted molar refractivity (Wildman–Crippen MR) is 62.1 cm³/mol. The van der Waals surface area contributed by atoms with Gasteiger partial charge in [0.25, 0.3) is 0 Å². The molecule has 1 aromatic rings. The van der Waals surface area contributed by atoms with E-state index in [4.69, 9.17) is 0 Å². The number of hydrogen-bond donors (Lipinski definition) is 1. The van der Waals surface area contributed by atoms with Crippen molar-refractivity contribution in [1.29, 1.82) is 0 Å². The normalized spacial score (nSPS) is 17.1. The Bertz CT molecular complexity index is 424. The summed E-state index contributed by atoms with van der Waals surface area (Å²) < 4.78 is 0. The third-order valence-corrected chi connectivity index (χ3v) is 2.88. The third kappa shape index (κ3) is 2.84. The van der Waals surface area contributed by atoms with Crippen molar-refractivity contribution in [1.82, 2.24) is 4.90 Å². The van der Waals surface area contributed by atoms with Gasteiger partial charge in [-0.1, -0.05) is 12.1 Å². The predicted octanol–water partition coefficient (Wildman–Crippen LogP) is 1.82. The Hall–Kier alpha value is -1.84. The third-order valence-electron chi connectivity index (χ3n) is 2.88. The van der Waals surface area contributed by atoms with E-state index in [1.54, 1.807) is 24.3 Å². The van der Waals surface area contributed by atoms with E-state index in [0.29, 0.717) is 12.8 Å². The highest BCUT2D eigenvalue weighted by atomic mass is 16.3. The van der Waals surface area contributed by atoms with Gasteiger partial charge in [-0.15, -0.1) is 0 Å². The molecule has 0 atom stereocenters. The lowest BCUT2D eigenvalue weighted by molar-refractivity contribution is -0.144. The number of nitrogens with zero attached hydrogens (tertiary/aromatic N) is 1. The molecule has 17 heavy (non-hydrogen) atoms. The zero-order valence-electron chi connectivity index (χ0n) is 9.56. The highest BCUT2D eigenvalue weighted by Gasteiger charge is 2.23. The van der Waals surface area contributed by atoms with E-state index in [-0.39, 0.29) is 24.1 Å². The molecule has 0 aliphatic carbocycles. The van der Waals surface area contributed by atoms with Crippen LogP contribution in [0.15, 0.2) is 24.3 Å². The molecule has 0 saturated carbocycles. The van der Waals surface area contributed by atoms with Crippen molar-refractivity contribution in [3.8, 4) is 5.75 Å². The summed E-state index contributed by atoms with van der Waals surface area (Å²) in [5.74, 6) is -0.0797. The molecule has 2 amide bonds. The van der Waals surface area contributed by atoms with Crippen LogP contribution in [0.3, 0.4) is 0 Å². The van der Waals surface area contributed by atoms with E-state index in [0.717, 1.165) is 18.4 Å². The molecule has 90 valence electrons. The van der Waals surface area contributed by atoms with E-state index in [1.165, 1.54) is 4.90 Å². The monoisotopic (exact) mass is 233 g/mol. The number of amides is 2. The quantitative estimate of drug-likeness (QED) is 0.793. The first-order chi connectivity index (χ1) is 8.16. The molecular weight excluding hydrogens is 218 g/mol. The van der Waals surface area contributed by atoms with Crippen molar-refractivity contribution < 1.29 is 14.7 Å². The van der Waals surface area contributed by atoms with Crippen molar-refractivity contribution in [3.05, 3.63) is 29.8 Å². The Morgan fingerprint density at radius 2 is 1.76 bits per heavy atom. The van der Waals surface area contributed by atoms with Crippen LogP contribution < -0.4 is 0 Å². The Kier molecular flexibility index (Phi) is 3.42. The summed E-state index contributed by atoms with van der Waals surface area (Å²) in [6.45, 7) is 0.256. The Labute approximate surface area is 99.9 Å². The molecule has 1 fully saturated rings. The molecule has 2 rings (SSSR count). The van der Waals surface area contributed by atoms with E-state index in [9.17, 15) is 14.7 Å². The fourth-order valence-electron chi connectivity index (χ4n) is 1.98. The van der Waals surface area contributed by atoms with E-state index in [2.05, 4.69) is 0 Å². The van der Waals surface area contributed by atoms with Gasteiger partial charge < -0.3 is 5.11 Å². The minimum atomic E-state index is -0.115. The SMILES string of the molecule is O=C1CCCCC(=O)N1Cc1cccc(O)c1. The standard InChI is InChI=1S/C13H15NO3/c15-11-5-3-4-10(8-11)9-14-12(16)6-1-2-7-13(14)17/h3-5,8,15H,1-2,6-7,9H2. The van der Waals surface area contributed by atoms with Gasteiger partial charge in [-0.3, -0.25) is 14.5 Å². The average molecular weight is 233 g/mol. The number of aromatic hydroxyl groups is 1. The molecule has 1 aliphatic rings. The van der Waals surface area contributed by atoms with Gasteiger partial charge in [0.05, 0.1) is 6.54 Å². The number of benzene rings is 1. The summed E-state index contributed by atoms with van der Waals surface area (Å²) in [6.07, 6.45) is 2.43. The van der Waals surface area contributed by atoms with Crippen LogP contribution >= 0.6 is 0 Å². The second-order valence-electron chi connectivity index (χ2n) is 4.25. The van der Waals surface area contributed by atoms with Gasteiger partial charge in [0.2, 0.25) is 11.8 Å². The Morgan fingerprint density at radius 1 is 1.12 bits per heavy atom. The fraction of sp³-hybridized carbons (Fsp3) is 0.385. The maximum absolute atomic E-state index is 11.8. The molecule has 4 heteroatoms. The Morgan fingerprint density at radius 3 is 2.35 bits per heavy atom. The fourth-order valence-corrected chi connectivity index (χ4v) is 1.98. The van der Waals surface area contributed by atoms with E-state index < -0.39 is 0 Å². The number of hydrogen-bond acceptors (Lipinski definition) is 3. The number of phenolic OH excluding ortho intramolecular Hbond substituents is 1. The van der Waals surface area contributed by atoms with Crippen LogP contribution in [0.25, 0.3) is 0 Å². The summed E-state index contributed by atoms with van der Waals surface area (Å²) >= 11 is 0. The summed E-state index contributed by atoms with van der Waals surface area (Å²) in [7, 11) is 0. The van der Waals surface area contributed by atoms with Crippen LogP contribution in [0.1, 0.15) is 31.2 Å². The van der Waals surface area contributed by atoms with Gasteiger partial charge in [0, 0.05) is 12.8 Å². The first-order valence-electron chi connectivity index (χ1n) is 5.78. The van der Waals surface area contributed by atoms with Crippen LogP contribution in [0.4, 0.5) is 0 Å². The molecule has 1 N–H and O–H groups in total. The molecular formula is C13H15NO3. The van der Waals surface area contributed by atoms with E-state index >= 15 is 0 Å². The van der Waals surface area contributed by atoms with Crippen molar-refractivity contribution in [2.75, 3.05) is 0 Å². The van der Waals surface area contributed by atoms with Gasteiger partial charge >= 0.3 is 0 Å². The lowest BCUT2D eigenvalue weighted by atomic mass is 10.2. The number of carbonyl (C=O) groups is 2. The van der Waals surface area contributed by atoms with Crippen molar-refractivity contribution in [2.45, 2.75) is 32.2 Å². The topological polar surface area (TPSA) is 57.6 Å². The van der Waals surface area contributed by atoms with Crippen LogP contribution in [0.2, 0.25) is 0 Å². The largest absolute Gasteiger partial charge is 0.508 e. The highest BCUT2D eigenvalue weighted by Crippen LogP contribution is 2.18. The molecule has 1 aliphatic heterocycles. The number of imide groups is 1. The minimum Gasteiger partial charge on any atom is -0.508 e. The van der Waals surface area contributed by atoms with E-state index in [1.807, 2.05) is 0 Å². The smallest absolute Gasteiger partial charge is 0.229 e. The van der Waals surface area contributed by atoms with Crippen LogP contribution in [-0.4, -0.2) is 21.8 Å². The second-order valence-corrected chi connectivity index (χ2v) is 4.25. The van der Waals surface area contributed by atoms with Gasteiger partial charge in [-0.05, 0) is 30.5 Å². The number of phenols is 1. The van der Waals surface area contributed by atoms with Gasteiger partial charge in [0.15, 0.2) is 0 Å². The molecule has 4 nitrogen and oxygen atoms in total. The zero-order chi connectivity index (χ0) is 12.3. The zero-order valence-corrected chi connectivity index (χ0v) is 9.56. The second kappa shape index (κ2) is 4.99. The van der Waals surface area contributed by atoms with Crippen molar-refractivity contribution >= 4 is 11.8 Å². The van der Waals surface area contributed by atoms with Gasteiger partial charge in [0.1, 0.15) is 5.75 Å². The molecule has 0 aromatic heterocycles. The number of rotatable bonds is 2. The van der Waals surface area contributed by atoms with Gasteiger partial charge in [-0.2, -0.15) is 0 Å². The summed E-state index contributed by atoms with van der Waals surface area (Å²) in [4.78, 5) is 24.8. The van der Waals surface area contributed by atoms with Gasteiger partial charge in [-0.25, -0.2) is 0 Å². The summed E-state index contributed by atoms with van der Waals surface area (Å²) in [6, 6.07) is 6.64.